The zero-order valence-electron chi connectivity index (χ0n) is 19.1. The Morgan fingerprint density at radius 2 is 2.06 bits per heavy atom. The number of nitrogens with one attached hydrogen (secondary N) is 2. The van der Waals surface area contributed by atoms with Crippen LogP contribution in [0.3, 0.4) is 0 Å². The molecule has 0 radical (unpaired) electrons. The Hall–Kier alpha value is -3.56. The van der Waals surface area contributed by atoms with Gasteiger partial charge in [0.15, 0.2) is 0 Å². The topological polar surface area (TPSA) is 116 Å². The van der Waals surface area contributed by atoms with Gasteiger partial charge in [0.2, 0.25) is 5.91 Å². The molecule has 3 N–H and O–H groups in total. The molecule has 0 spiro atoms. The van der Waals surface area contributed by atoms with Crippen molar-refractivity contribution >= 4 is 33.5 Å². The van der Waals surface area contributed by atoms with Gasteiger partial charge in [-0.2, -0.15) is 0 Å². The number of fused-ring (bicyclic) bond motifs is 2. The molecule has 0 unspecified atom stereocenters. The highest BCUT2D eigenvalue weighted by atomic mass is 16.5. The maximum atomic E-state index is 12.3. The molecule has 4 heterocycles. The Morgan fingerprint density at radius 1 is 1.21 bits per heavy atom. The predicted octanol–water partition coefficient (Wildman–Crippen LogP) is 2.48. The molecule has 1 amide bonds. The number of aromatic amines is 1. The fourth-order valence-corrected chi connectivity index (χ4v) is 4.39. The standard InChI is InChI=1S/C25H28N6O3/c1-17-2-3-20-21(12-17)30-23(29-20)14-34-15-24(32)28-16-25(33)6-10-31(11-7-25)22-5-9-27-19-4-8-26-13-18(19)22/h2-5,8-9,12-13,33H,6-7,10-11,14-16H2,1H3,(H,28,32)(H,29,30). The zero-order valence-corrected chi connectivity index (χ0v) is 19.1. The van der Waals surface area contributed by atoms with E-state index in [9.17, 15) is 9.90 Å². The van der Waals surface area contributed by atoms with Crippen molar-refractivity contribution in [1.82, 2.24) is 25.3 Å². The highest BCUT2D eigenvalue weighted by Crippen LogP contribution is 2.30. The lowest BCUT2D eigenvalue weighted by Gasteiger charge is -2.39. The highest BCUT2D eigenvalue weighted by molar-refractivity contribution is 5.90. The van der Waals surface area contributed by atoms with Crippen molar-refractivity contribution < 1.29 is 14.6 Å². The highest BCUT2D eigenvalue weighted by Gasteiger charge is 2.33. The number of amides is 1. The van der Waals surface area contributed by atoms with Gasteiger partial charge in [-0.25, -0.2) is 4.98 Å². The van der Waals surface area contributed by atoms with Gasteiger partial charge in [0.05, 0.1) is 22.2 Å². The second kappa shape index (κ2) is 9.36. The SMILES string of the molecule is Cc1ccc2nc(COCC(=O)NCC3(O)CCN(c4ccnc5ccncc45)CC3)[nH]c2c1. The van der Waals surface area contributed by atoms with Crippen molar-refractivity contribution in [1.29, 1.82) is 0 Å². The summed E-state index contributed by atoms with van der Waals surface area (Å²) in [4.78, 5) is 30.8. The smallest absolute Gasteiger partial charge is 0.246 e. The van der Waals surface area contributed by atoms with Crippen LogP contribution in [0.4, 0.5) is 5.69 Å². The van der Waals surface area contributed by atoms with E-state index in [4.69, 9.17) is 4.74 Å². The molecule has 5 rings (SSSR count). The summed E-state index contributed by atoms with van der Waals surface area (Å²) in [5, 5.41) is 14.8. The molecule has 1 fully saturated rings. The van der Waals surface area contributed by atoms with E-state index in [1.54, 1.807) is 12.4 Å². The molecule has 1 aliphatic heterocycles. The van der Waals surface area contributed by atoms with E-state index in [0.29, 0.717) is 31.8 Å². The molecule has 176 valence electrons. The van der Waals surface area contributed by atoms with Gasteiger partial charge in [-0.1, -0.05) is 6.07 Å². The largest absolute Gasteiger partial charge is 0.388 e. The molecule has 1 saturated heterocycles. The monoisotopic (exact) mass is 460 g/mol. The number of imidazole rings is 1. The van der Waals surface area contributed by atoms with Crippen molar-refractivity contribution in [2.24, 2.45) is 0 Å². The third kappa shape index (κ3) is 4.85. The molecule has 4 aromatic rings. The van der Waals surface area contributed by atoms with Crippen LogP contribution in [0, 0.1) is 6.92 Å². The van der Waals surface area contributed by atoms with E-state index in [1.165, 1.54) is 0 Å². The normalized spacial score (nSPS) is 15.6. The molecule has 34 heavy (non-hydrogen) atoms. The van der Waals surface area contributed by atoms with Crippen LogP contribution < -0.4 is 10.2 Å². The lowest BCUT2D eigenvalue weighted by Crippen LogP contribution is -2.51. The van der Waals surface area contributed by atoms with Gasteiger partial charge >= 0.3 is 0 Å². The maximum Gasteiger partial charge on any atom is 0.246 e. The number of aryl methyl sites for hydroxylation is 1. The lowest BCUT2D eigenvalue weighted by atomic mass is 9.91. The third-order valence-electron chi connectivity index (χ3n) is 6.33. The van der Waals surface area contributed by atoms with Crippen LogP contribution in [-0.4, -0.2) is 62.8 Å². The summed E-state index contributed by atoms with van der Waals surface area (Å²) in [5.41, 5.74) is 4.00. The number of rotatable bonds is 7. The number of hydrogen-bond donors (Lipinski definition) is 3. The summed E-state index contributed by atoms with van der Waals surface area (Å²) < 4.78 is 5.52. The fraction of sp³-hybridized carbons (Fsp3) is 0.360. The van der Waals surface area contributed by atoms with Crippen LogP contribution in [0.1, 0.15) is 24.2 Å². The number of hydrogen-bond acceptors (Lipinski definition) is 7. The summed E-state index contributed by atoms with van der Waals surface area (Å²) in [6.07, 6.45) is 6.46. The first kappa shape index (κ1) is 22.2. The lowest BCUT2D eigenvalue weighted by molar-refractivity contribution is -0.127. The van der Waals surface area contributed by atoms with Crippen LogP contribution in [0.2, 0.25) is 0 Å². The van der Waals surface area contributed by atoms with Crippen LogP contribution in [-0.2, 0) is 16.1 Å². The van der Waals surface area contributed by atoms with Crippen molar-refractivity contribution in [2.75, 3.05) is 31.1 Å². The number of benzene rings is 1. The number of piperidine rings is 1. The average Bonchev–Trinajstić information content (AvgIpc) is 3.25. The number of ether oxygens (including phenoxy) is 1. The first-order valence-corrected chi connectivity index (χ1v) is 11.4. The number of H-pyrrole nitrogens is 1. The number of aromatic nitrogens is 4. The molecule has 0 atom stereocenters. The second-order valence-electron chi connectivity index (χ2n) is 8.91. The number of anilines is 1. The van der Waals surface area contributed by atoms with Gasteiger partial charge in [-0.15, -0.1) is 0 Å². The number of aliphatic hydroxyl groups is 1. The molecule has 0 bridgehead atoms. The minimum absolute atomic E-state index is 0.0890. The molecular weight excluding hydrogens is 432 g/mol. The minimum atomic E-state index is -0.941. The number of carbonyl (C=O) groups excluding carboxylic acids is 1. The molecule has 9 heteroatoms. The van der Waals surface area contributed by atoms with Gasteiger partial charge in [0, 0.05) is 49.3 Å². The van der Waals surface area contributed by atoms with E-state index in [2.05, 4.69) is 30.2 Å². The first-order chi connectivity index (χ1) is 16.5. The van der Waals surface area contributed by atoms with Crippen LogP contribution >= 0.6 is 0 Å². The second-order valence-corrected chi connectivity index (χ2v) is 8.91. The molecule has 3 aromatic heterocycles. The summed E-state index contributed by atoms with van der Waals surface area (Å²) in [5.74, 6) is 0.423. The summed E-state index contributed by atoms with van der Waals surface area (Å²) in [6.45, 7) is 3.72. The average molecular weight is 461 g/mol. The molecule has 0 saturated carbocycles. The quantitative estimate of drug-likeness (QED) is 0.388. The van der Waals surface area contributed by atoms with E-state index >= 15 is 0 Å². The first-order valence-electron chi connectivity index (χ1n) is 11.4. The Labute approximate surface area is 197 Å². The number of pyridine rings is 2. The van der Waals surface area contributed by atoms with E-state index in [0.717, 1.165) is 33.2 Å². The van der Waals surface area contributed by atoms with Gasteiger partial charge in [-0.3, -0.25) is 14.8 Å². The fourth-order valence-electron chi connectivity index (χ4n) is 4.39. The maximum absolute atomic E-state index is 12.3. The predicted molar refractivity (Wildman–Crippen MR) is 129 cm³/mol. The summed E-state index contributed by atoms with van der Waals surface area (Å²) >= 11 is 0. The van der Waals surface area contributed by atoms with E-state index in [-0.39, 0.29) is 25.7 Å². The van der Waals surface area contributed by atoms with Gasteiger partial charge in [0.1, 0.15) is 19.0 Å². The number of nitrogens with zero attached hydrogens (tertiary/aromatic N) is 4. The molecule has 9 nitrogen and oxygen atoms in total. The molecule has 1 aromatic carbocycles. The Morgan fingerprint density at radius 3 is 2.91 bits per heavy atom. The Kier molecular flexibility index (Phi) is 6.12. The molecule has 0 aliphatic carbocycles. The molecular formula is C25H28N6O3. The van der Waals surface area contributed by atoms with E-state index < -0.39 is 5.60 Å². The summed E-state index contributed by atoms with van der Waals surface area (Å²) in [6, 6.07) is 9.87. The van der Waals surface area contributed by atoms with Crippen LogP contribution in [0.25, 0.3) is 21.9 Å². The molecule has 1 aliphatic rings. The van der Waals surface area contributed by atoms with Crippen LogP contribution in [0.5, 0.6) is 0 Å². The number of carbonyl (C=O) groups is 1. The zero-order chi connectivity index (χ0) is 23.5. The Balaban J connectivity index is 1.09. The van der Waals surface area contributed by atoms with Crippen molar-refractivity contribution in [2.45, 2.75) is 32.0 Å². The van der Waals surface area contributed by atoms with Crippen molar-refractivity contribution in [3.05, 3.63) is 60.3 Å². The van der Waals surface area contributed by atoms with Crippen molar-refractivity contribution in [3.8, 4) is 0 Å². The van der Waals surface area contributed by atoms with Gasteiger partial charge in [-0.05, 0) is 49.6 Å². The van der Waals surface area contributed by atoms with Gasteiger partial charge in [0.25, 0.3) is 0 Å². The third-order valence-corrected chi connectivity index (χ3v) is 6.33. The van der Waals surface area contributed by atoms with Crippen LogP contribution in [0.15, 0.2) is 48.9 Å². The minimum Gasteiger partial charge on any atom is -0.388 e. The summed E-state index contributed by atoms with van der Waals surface area (Å²) in [7, 11) is 0. The van der Waals surface area contributed by atoms with Crippen molar-refractivity contribution in [3.63, 3.8) is 0 Å². The Bertz CT molecular complexity index is 1310. The van der Waals surface area contributed by atoms with Gasteiger partial charge < -0.3 is 25.0 Å². The van der Waals surface area contributed by atoms with E-state index in [1.807, 2.05) is 43.5 Å².